The van der Waals surface area contributed by atoms with Crippen LogP contribution in [0.4, 0.5) is 0 Å². The van der Waals surface area contributed by atoms with Crippen molar-refractivity contribution in [2.24, 2.45) is 0 Å². The van der Waals surface area contributed by atoms with E-state index in [4.69, 9.17) is 4.74 Å². The minimum absolute atomic E-state index is 0.0210. The fourth-order valence-corrected chi connectivity index (χ4v) is 10.6. The van der Waals surface area contributed by atoms with Gasteiger partial charge in [0.2, 0.25) is 5.91 Å². The van der Waals surface area contributed by atoms with Gasteiger partial charge in [-0.05, 0) is 57.8 Å². The Bertz CT molecular complexity index is 1150. The van der Waals surface area contributed by atoms with E-state index in [-0.39, 0.29) is 18.5 Å². The number of allylic oxidation sites excluding steroid dienone is 3. The van der Waals surface area contributed by atoms with E-state index in [1.165, 1.54) is 308 Å². The van der Waals surface area contributed by atoms with Crippen LogP contribution in [-0.4, -0.2) is 47.4 Å². The predicted octanol–water partition coefficient (Wildman–Crippen LogP) is 21.4. The van der Waals surface area contributed by atoms with E-state index in [2.05, 4.69) is 31.3 Å². The van der Waals surface area contributed by atoms with Gasteiger partial charge in [-0.2, -0.15) is 0 Å². The highest BCUT2D eigenvalue weighted by Crippen LogP contribution is 2.18. The van der Waals surface area contributed by atoms with Gasteiger partial charge < -0.3 is 20.3 Å². The van der Waals surface area contributed by atoms with Crippen molar-refractivity contribution in [2.45, 2.75) is 386 Å². The maximum Gasteiger partial charge on any atom is 0.305 e. The van der Waals surface area contributed by atoms with Crippen LogP contribution in [0.5, 0.6) is 0 Å². The minimum atomic E-state index is -0.840. The average Bonchev–Trinajstić information content (AvgIpc) is 3.40. The Balaban J connectivity index is 3.32. The molecule has 0 radical (unpaired) electrons. The lowest BCUT2D eigenvalue weighted by Gasteiger charge is -2.20. The van der Waals surface area contributed by atoms with Gasteiger partial charge in [0.05, 0.1) is 25.4 Å². The van der Waals surface area contributed by atoms with Crippen LogP contribution < -0.4 is 5.32 Å². The summed E-state index contributed by atoms with van der Waals surface area (Å²) in [5, 5.41) is 23.0. The molecule has 0 aromatic carbocycles. The summed E-state index contributed by atoms with van der Waals surface area (Å²) in [5.74, 6) is -0.0444. The summed E-state index contributed by atoms with van der Waals surface area (Å²) in [4.78, 5) is 24.5. The molecule has 0 fully saturated rings. The van der Waals surface area contributed by atoms with Crippen molar-refractivity contribution in [1.82, 2.24) is 5.32 Å². The summed E-state index contributed by atoms with van der Waals surface area (Å²) in [5.41, 5.74) is 0. The lowest BCUT2D eigenvalue weighted by atomic mass is 10.0. The monoisotopic (exact) mass is 1040 g/mol. The Kier molecular flexibility index (Phi) is 62.4. The van der Waals surface area contributed by atoms with Gasteiger partial charge in [0.15, 0.2) is 0 Å². The number of rotatable bonds is 63. The highest BCUT2D eigenvalue weighted by Gasteiger charge is 2.18. The number of amides is 1. The number of unbranched alkanes of at least 4 members (excludes halogenated alkanes) is 50. The van der Waals surface area contributed by atoms with Crippen LogP contribution in [0.2, 0.25) is 0 Å². The fourth-order valence-electron chi connectivity index (χ4n) is 10.6. The highest BCUT2D eigenvalue weighted by atomic mass is 16.5. The van der Waals surface area contributed by atoms with E-state index in [0.29, 0.717) is 19.4 Å². The average molecular weight is 1040 g/mol. The first-order valence-corrected chi connectivity index (χ1v) is 33.6. The summed E-state index contributed by atoms with van der Waals surface area (Å²) in [7, 11) is 0. The molecule has 6 heteroatoms. The molecule has 2 atom stereocenters. The molecule has 74 heavy (non-hydrogen) atoms. The number of carbonyl (C=O) groups excluding carboxylic acids is 2. The van der Waals surface area contributed by atoms with Gasteiger partial charge in [0.25, 0.3) is 0 Å². The Morgan fingerprint density at radius 1 is 0.365 bits per heavy atom. The molecule has 0 aliphatic rings. The lowest BCUT2D eigenvalue weighted by Crippen LogP contribution is -2.45. The molecule has 3 N–H and O–H groups in total. The molecule has 0 saturated heterocycles. The van der Waals surface area contributed by atoms with Crippen LogP contribution in [0.3, 0.4) is 0 Å². The SMILES string of the molecule is CCCCCCCCCC/C=C/C(O)C(CO)NC(=O)CCCCCCCCCCCCCCCCCCC/C=C\CCCCCCCCCCCCCCOC(=O)CCCCCCCCCCCCCCCC. The molecule has 2 unspecified atom stereocenters. The van der Waals surface area contributed by atoms with Crippen LogP contribution >= 0.6 is 0 Å². The van der Waals surface area contributed by atoms with Crippen LogP contribution in [0.1, 0.15) is 373 Å². The Hall–Kier alpha value is -1.66. The van der Waals surface area contributed by atoms with E-state index in [1.54, 1.807) is 6.08 Å². The largest absolute Gasteiger partial charge is 0.466 e. The second kappa shape index (κ2) is 63.9. The number of aliphatic hydroxyl groups excluding tert-OH is 2. The number of aliphatic hydroxyl groups is 2. The topological polar surface area (TPSA) is 95.9 Å². The maximum absolute atomic E-state index is 12.4. The second-order valence-electron chi connectivity index (χ2n) is 23.2. The predicted molar refractivity (Wildman–Crippen MR) is 324 cm³/mol. The van der Waals surface area contributed by atoms with Gasteiger partial charge in [-0.1, -0.05) is 327 Å². The van der Waals surface area contributed by atoms with Crippen LogP contribution in [0.25, 0.3) is 0 Å². The first kappa shape index (κ1) is 72.3. The quantitative estimate of drug-likeness (QED) is 0.0320. The standard InChI is InChI=1S/C68H131NO5/c1-3-5-7-9-11-13-15-16-39-42-46-50-54-58-62-68(73)74-63-59-55-51-47-43-40-37-35-33-31-29-27-25-23-21-19-17-18-20-22-24-26-28-30-32-34-36-38-41-45-49-53-57-61-67(72)69-65(64-70)66(71)60-56-52-48-44-14-12-10-8-6-4-2/h21,23,56,60,65-66,70-71H,3-20,22,24-55,57-59,61-64H2,1-2H3,(H,69,72)/b23-21-,60-56+. The molecule has 0 aliphatic carbocycles. The number of hydrogen-bond acceptors (Lipinski definition) is 5. The molecule has 438 valence electrons. The zero-order valence-electron chi connectivity index (χ0n) is 50.1. The third kappa shape index (κ3) is 59.6. The summed E-state index contributed by atoms with van der Waals surface area (Å²) < 4.78 is 5.49. The first-order valence-electron chi connectivity index (χ1n) is 33.6. The van der Waals surface area contributed by atoms with Crippen molar-refractivity contribution in [3.05, 3.63) is 24.3 Å². The zero-order valence-corrected chi connectivity index (χ0v) is 50.1. The smallest absolute Gasteiger partial charge is 0.305 e. The molecule has 0 aromatic rings. The molecule has 0 bridgehead atoms. The molecule has 6 nitrogen and oxygen atoms in total. The van der Waals surface area contributed by atoms with Gasteiger partial charge in [0.1, 0.15) is 0 Å². The van der Waals surface area contributed by atoms with Gasteiger partial charge in [-0.3, -0.25) is 9.59 Å². The van der Waals surface area contributed by atoms with E-state index in [1.807, 2.05) is 6.08 Å². The first-order chi connectivity index (χ1) is 36.5. The molecule has 0 aliphatic heterocycles. The molecule has 0 aromatic heterocycles. The van der Waals surface area contributed by atoms with Crippen molar-refractivity contribution in [2.75, 3.05) is 13.2 Å². The molecule has 0 heterocycles. The van der Waals surface area contributed by atoms with E-state index >= 15 is 0 Å². The Labute approximate surface area is 462 Å². The normalized spacial score (nSPS) is 12.6. The number of carbonyl (C=O) groups is 2. The molecule has 0 saturated carbocycles. The Morgan fingerprint density at radius 2 is 0.635 bits per heavy atom. The third-order valence-electron chi connectivity index (χ3n) is 15.7. The molecule has 1 amide bonds. The van der Waals surface area contributed by atoms with E-state index in [0.717, 1.165) is 38.5 Å². The highest BCUT2D eigenvalue weighted by molar-refractivity contribution is 5.76. The summed E-state index contributed by atoms with van der Waals surface area (Å²) >= 11 is 0. The fraction of sp³-hybridized carbons (Fsp3) is 0.912. The van der Waals surface area contributed by atoms with Crippen molar-refractivity contribution >= 4 is 11.9 Å². The van der Waals surface area contributed by atoms with Crippen molar-refractivity contribution in [3.8, 4) is 0 Å². The zero-order chi connectivity index (χ0) is 53.6. The van der Waals surface area contributed by atoms with Crippen LogP contribution in [0.15, 0.2) is 24.3 Å². The van der Waals surface area contributed by atoms with Crippen molar-refractivity contribution < 1.29 is 24.5 Å². The van der Waals surface area contributed by atoms with E-state index in [9.17, 15) is 19.8 Å². The molecule has 0 rings (SSSR count). The summed E-state index contributed by atoms with van der Waals surface area (Å²) in [6, 6.07) is -0.623. The summed E-state index contributed by atoms with van der Waals surface area (Å²) in [6.45, 7) is 4.91. The van der Waals surface area contributed by atoms with Gasteiger partial charge in [-0.25, -0.2) is 0 Å². The number of nitrogens with one attached hydrogen (secondary N) is 1. The maximum atomic E-state index is 12.4. The van der Waals surface area contributed by atoms with Gasteiger partial charge >= 0.3 is 5.97 Å². The molecular weight excluding hydrogens is 911 g/mol. The molecular formula is C68H131NO5. The van der Waals surface area contributed by atoms with Gasteiger partial charge in [0, 0.05) is 12.8 Å². The van der Waals surface area contributed by atoms with Crippen molar-refractivity contribution in [1.29, 1.82) is 0 Å². The van der Waals surface area contributed by atoms with Crippen molar-refractivity contribution in [3.63, 3.8) is 0 Å². The van der Waals surface area contributed by atoms with E-state index < -0.39 is 12.1 Å². The van der Waals surface area contributed by atoms with Gasteiger partial charge in [-0.15, -0.1) is 0 Å². The number of hydrogen-bond donors (Lipinski definition) is 3. The number of esters is 1. The van der Waals surface area contributed by atoms with Crippen LogP contribution in [0, 0.1) is 0 Å². The Morgan fingerprint density at radius 3 is 0.959 bits per heavy atom. The number of ether oxygens (including phenoxy) is 1. The second-order valence-corrected chi connectivity index (χ2v) is 23.2. The third-order valence-corrected chi connectivity index (χ3v) is 15.7. The van der Waals surface area contributed by atoms with Crippen LogP contribution in [-0.2, 0) is 14.3 Å². The molecule has 0 spiro atoms. The summed E-state index contributed by atoms with van der Waals surface area (Å²) in [6.07, 6.45) is 79.8. The lowest BCUT2D eigenvalue weighted by molar-refractivity contribution is -0.143. The minimum Gasteiger partial charge on any atom is -0.466 e.